The first-order valence-corrected chi connectivity index (χ1v) is 11.0. The predicted octanol–water partition coefficient (Wildman–Crippen LogP) is 3.01. The fraction of sp³-hybridized carbons (Fsp3) is 0.316. The van der Waals surface area contributed by atoms with E-state index in [9.17, 15) is 18.8 Å². The molecule has 0 atom stereocenters. The van der Waals surface area contributed by atoms with Gasteiger partial charge >= 0.3 is 0 Å². The first-order chi connectivity index (χ1) is 14.3. The van der Waals surface area contributed by atoms with Gasteiger partial charge in [-0.05, 0) is 23.9 Å². The number of aromatic nitrogens is 3. The number of amides is 3. The van der Waals surface area contributed by atoms with E-state index in [2.05, 4.69) is 20.5 Å². The fourth-order valence-corrected chi connectivity index (χ4v) is 3.99. The third-order valence-corrected chi connectivity index (χ3v) is 5.84. The number of hydrogen-bond donors (Lipinski definition) is 2. The van der Waals surface area contributed by atoms with Crippen LogP contribution in [0.5, 0.6) is 0 Å². The highest BCUT2D eigenvalue weighted by molar-refractivity contribution is 8.18. The zero-order chi connectivity index (χ0) is 21.7. The monoisotopic (exact) mass is 449 g/mol. The van der Waals surface area contributed by atoms with Crippen LogP contribution in [0, 0.1) is 5.82 Å². The fourth-order valence-electron chi connectivity index (χ4n) is 2.50. The van der Waals surface area contributed by atoms with E-state index >= 15 is 0 Å². The lowest BCUT2D eigenvalue weighted by Gasteiger charge is -2.12. The lowest BCUT2D eigenvalue weighted by molar-refractivity contribution is -0.123. The van der Waals surface area contributed by atoms with E-state index < -0.39 is 17.0 Å². The Kier molecular flexibility index (Phi) is 7.27. The summed E-state index contributed by atoms with van der Waals surface area (Å²) in [4.78, 5) is 42.0. The molecule has 0 bridgehead atoms. The van der Waals surface area contributed by atoms with Crippen molar-refractivity contribution in [1.82, 2.24) is 25.4 Å². The van der Waals surface area contributed by atoms with Gasteiger partial charge in [-0.3, -0.25) is 24.4 Å². The highest BCUT2D eigenvalue weighted by Gasteiger charge is 2.34. The highest BCUT2D eigenvalue weighted by atomic mass is 32.2. The molecule has 0 aliphatic carbocycles. The Morgan fingerprint density at radius 1 is 1.37 bits per heavy atom. The second-order valence-electron chi connectivity index (χ2n) is 6.65. The summed E-state index contributed by atoms with van der Waals surface area (Å²) in [6.07, 6.45) is 1.36. The minimum Gasteiger partial charge on any atom is -0.354 e. The van der Waals surface area contributed by atoms with Crippen LogP contribution in [0.4, 0.5) is 9.18 Å². The van der Waals surface area contributed by atoms with Crippen LogP contribution in [0.2, 0.25) is 0 Å². The van der Waals surface area contributed by atoms with Crippen LogP contribution in [-0.2, 0) is 9.59 Å². The van der Waals surface area contributed by atoms with Gasteiger partial charge in [0.2, 0.25) is 11.1 Å². The third kappa shape index (κ3) is 5.48. The van der Waals surface area contributed by atoms with Crippen molar-refractivity contribution in [3.8, 4) is 0 Å². The van der Waals surface area contributed by atoms with E-state index in [0.29, 0.717) is 5.16 Å². The van der Waals surface area contributed by atoms with Crippen LogP contribution in [-0.4, -0.2) is 56.0 Å². The second kappa shape index (κ2) is 9.90. The molecule has 30 heavy (non-hydrogen) atoms. The molecule has 1 aliphatic rings. The minimum absolute atomic E-state index is 0.0356. The van der Waals surface area contributed by atoms with Gasteiger partial charge in [0.15, 0.2) is 0 Å². The molecule has 2 N–H and O–H groups in total. The standard InChI is InChI=1S/C19H20FN5O3S2/c1-11(2)16-22-18(24-23-16)29-10-15(26)21-7-8-25-17(27)14(30-19(25)28)9-12-5-3-4-6-13(12)20/h3-6,9,11H,7-8,10H2,1-2H3,(H,21,26)(H,22,23,24)/b14-9-. The molecule has 2 aromatic rings. The van der Waals surface area contributed by atoms with Crippen molar-refractivity contribution < 1.29 is 18.8 Å². The molecule has 1 aromatic heterocycles. The number of carbonyl (C=O) groups excluding carboxylic acids is 3. The van der Waals surface area contributed by atoms with Gasteiger partial charge in [0.05, 0.1) is 10.7 Å². The van der Waals surface area contributed by atoms with Gasteiger partial charge in [-0.15, -0.1) is 5.10 Å². The SMILES string of the molecule is CC(C)c1nc(SCC(=O)NCCN2C(=O)S/C(=C\c3ccccc3F)C2=O)n[nH]1. The minimum atomic E-state index is -0.501. The molecular weight excluding hydrogens is 429 g/mol. The van der Waals surface area contributed by atoms with Gasteiger partial charge in [0, 0.05) is 24.6 Å². The van der Waals surface area contributed by atoms with Crippen molar-refractivity contribution in [3.05, 3.63) is 46.4 Å². The summed E-state index contributed by atoms with van der Waals surface area (Å²) in [5.74, 6) is -0.151. The molecule has 1 aliphatic heterocycles. The molecule has 1 aromatic carbocycles. The summed E-state index contributed by atoms with van der Waals surface area (Å²) in [6, 6.07) is 6.00. The average molecular weight is 450 g/mol. The number of rotatable bonds is 8. The van der Waals surface area contributed by atoms with E-state index in [1.165, 1.54) is 30.0 Å². The first kappa shape index (κ1) is 22.0. The molecule has 0 spiro atoms. The van der Waals surface area contributed by atoms with Crippen LogP contribution in [0.15, 0.2) is 34.3 Å². The van der Waals surface area contributed by atoms with E-state index in [1.807, 2.05) is 13.8 Å². The Hall–Kier alpha value is -2.66. The summed E-state index contributed by atoms with van der Waals surface area (Å²) in [7, 11) is 0. The highest BCUT2D eigenvalue weighted by Crippen LogP contribution is 2.32. The number of benzene rings is 1. The molecule has 158 valence electrons. The predicted molar refractivity (Wildman–Crippen MR) is 113 cm³/mol. The molecule has 0 unspecified atom stereocenters. The number of nitrogens with zero attached hydrogens (tertiary/aromatic N) is 3. The van der Waals surface area contributed by atoms with Crippen molar-refractivity contribution in [1.29, 1.82) is 0 Å². The van der Waals surface area contributed by atoms with Crippen LogP contribution in [0.3, 0.4) is 0 Å². The van der Waals surface area contributed by atoms with Crippen molar-refractivity contribution in [2.75, 3.05) is 18.8 Å². The Morgan fingerprint density at radius 2 is 2.13 bits per heavy atom. The van der Waals surface area contributed by atoms with Crippen LogP contribution >= 0.6 is 23.5 Å². The zero-order valence-electron chi connectivity index (χ0n) is 16.3. The summed E-state index contributed by atoms with van der Waals surface area (Å²) in [5, 5.41) is 9.55. The number of imide groups is 1. The van der Waals surface area contributed by atoms with Gasteiger partial charge in [0.1, 0.15) is 11.6 Å². The molecular formula is C19H20FN5O3S2. The molecule has 11 heteroatoms. The molecule has 3 rings (SSSR count). The summed E-state index contributed by atoms with van der Waals surface area (Å²) < 4.78 is 13.8. The number of carbonyl (C=O) groups is 3. The van der Waals surface area contributed by atoms with Gasteiger partial charge in [-0.25, -0.2) is 9.37 Å². The lowest BCUT2D eigenvalue weighted by Crippen LogP contribution is -2.37. The second-order valence-corrected chi connectivity index (χ2v) is 8.59. The average Bonchev–Trinajstić information content (AvgIpc) is 3.28. The van der Waals surface area contributed by atoms with Crippen LogP contribution in [0.1, 0.15) is 31.2 Å². The third-order valence-electron chi connectivity index (χ3n) is 4.08. The first-order valence-electron chi connectivity index (χ1n) is 9.17. The summed E-state index contributed by atoms with van der Waals surface area (Å²) in [5.41, 5.74) is 0.237. The number of nitrogens with one attached hydrogen (secondary N) is 2. The molecule has 1 saturated heterocycles. The molecule has 8 nitrogen and oxygen atoms in total. The van der Waals surface area contributed by atoms with Crippen LogP contribution < -0.4 is 5.32 Å². The van der Waals surface area contributed by atoms with Gasteiger partial charge in [0.25, 0.3) is 11.1 Å². The smallest absolute Gasteiger partial charge is 0.293 e. The van der Waals surface area contributed by atoms with Crippen molar-refractivity contribution in [3.63, 3.8) is 0 Å². The molecule has 0 saturated carbocycles. The maximum absolute atomic E-state index is 13.8. The molecule has 3 amide bonds. The van der Waals surface area contributed by atoms with Gasteiger partial charge in [-0.2, -0.15) is 0 Å². The lowest BCUT2D eigenvalue weighted by atomic mass is 10.2. The Morgan fingerprint density at radius 3 is 2.83 bits per heavy atom. The van der Waals surface area contributed by atoms with Crippen LogP contribution in [0.25, 0.3) is 6.08 Å². The molecule has 1 fully saturated rings. The normalized spacial score (nSPS) is 15.5. The number of thioether (sulfide) groups is 2. The Bertz CT molecular complexity index is 992. The maximum Gasteiger partial charge on any atom is 0.293 e. The van der Waals surface area contributed by atoms with Crippen molar-refractivity contribution >= 4 is 46.7 Å². The van der Waals surface area contributed by atoms with E-state index in [0.717, 1.165) is 22.5 Å². The van der Waals surface area contributed by atoms with Gasteiger partial charge < -0.3 is 5.32 Å². The zero-order valence-corrected chi connectivity index (χ0v) is 18.0. The number of hydrogen-bond acceptors (Lipinski definition) is 7. The van der Waals surface area contributed by atoms with E-state index in [4.69, 9.17) is 0 Å². The topological polar surface area (TPSA) is 108 Å². The van der Waals surface area contributed by atoms with E-state index in [-0.39, 0.29) is 41.1 Å². The quantitative estimate of drug-likeness (QED) is 0.471. The number of aromatic amines is 1. The summed E-state index contributed by atoms with van der Waals surface area (Å²) in [6.45, 7) is 4.12. The van der Waals surface area contributed by atoms with Gasteiger partial charge in [-0.1, -0.05) is 43.8 Å². The number of H-pyrrole nitrogens is 1. The Labute approximate surface area is 181 Å². The largest absolute Gasteiger partial charge is 0.354 e. The van der Waals surface area contributed by atoms with E-state index in [1.54, 1.807) is 12.1 Å². The molecule has 2 heterocycles. The Balaban J connectivity index is 1.47. The molecule has 0 radical (unpaired) electrons. The van der Waals surface area contributed by atoms with Crippen molar-refractivity contribution in [2.24, 2.45) is 0 Å². The summed E-state index contributed by atoms with van der Waals surface area (Å²) >= 11 is 1.94. The maximum atomic E-state index is 13.8. The van der Waals surface area contributed by atoms with Crippen molar-refractivity contribution in [2.45, 2.75) is 24.9 Å². The number of halogens is 1.